The summed E-state index contributed by atoms with van der Waals surface area (Å²) in [5.74, 6) is -1.38. The van der Waals surface area contributed by atoms with Gasteiger partial charge in [0.15, 0.2) is 6.10 Å². The highest BCUT2D eigenvalue weighted by Gasteiger charge is 2.24. The molecule has 0 radical (unpaired) electrons. The largest absolute Gasteiger partial charge is 0.453 e. The standard InChI is InChI=1S/C20H17ClN2O4/c1-11(27-12(2)24)20(26)23-17-15-9-8-14(21)10-16(15)22-18(17)19(25)13-6-4-3-5-7-13/h3-11,22H,1-2H3,(H,23,26). The Labute approximate surface area is 160 Å². The monoisotopic (exact) mass is 384 g/mol. The van der Waals surface area contributed by atoms with Crippen molar-refractivity contribution in [3.8, 4) is 0 Å². The van der Waals surface area contributed by atoms with E-state index in [1.807, 2.05) is 6.07 Å². The molecule has 0 saturated heterocycles. The van der Waals surface area contributed by atoms with Gasteiger partial charge >= 0.3 is 5.97 Å². The zero-order valence-electron chi connectivity index (χ0n) is 14.7. The van der Waals surface area contributed by atoms with E-state index in [1.165, 1.54) is 13.8 Å². The van der Waals surface area contributed by atoms with E-state index in [2.05, 4.69) is 10.3 Å². The Hall–Kier alpha value is -3.12. The Balaban J connectivity index is 2.05. The number of carbonyl (C=O) groups excluding carboxylic acids is 3. The average Bonchev–Trinajstić information content (AvgIpc) is 2.98. The van der Waals surface area contributed by atoms with Crippen molar-refractivity contribution in [3.05, 3.63) is 64.8 Å². The Kier molecular flexibility index (Phi) is 5.28. The molecule has 3 aromatic rings. The third-order valence-corrected chi connectivity index (χ3v) is 4.22. The third-order valence-electron chi connectivity index (χ3n) is 3.98. The minimum atomic E-state index is -1.00. The number of rotatable bonds is 5. The Morgan fingerprint density at radius 3 is 2.48 bits per heavy atom. The van der Waals surface area contributed by atoms with E-state index in [9.17, 15) is 14.4 Å². The number of nitrogens with one attached hydrogen (secondary N) is 2. The number of aromatic amines is 1. The summed E-state index contributed by atoms with van der Waals surface area (Å²) < 4.78 is 4.91. The fraction of sp³-hybridized carbons (Fsp3) is 0.150. The number of aromatic nitrogens is 1. The van der Waals surface area contributed by atoms with Crippen LogP contribution in [0.1, 0.15) is 29.9 Å². The van der Waals surface area contributed by atoms with Crippen molar-refractivity contribution in [3.63, 3.8) is 0 Å². The van der Waals surface area contributed by atoms with E-state index in [1.54, 1.807) is 42.5 Å². The molecule has 0 bridgehead atoms. The van der Waals surface area contributed by atoms with E-state index in [0.717, 1.165) is 0 Å². The summed E-state index contributed by atoms with van der Waals surface area (Å²) in [6, 6.07) is 13.8. The first-order valence-electron chi connectivity index (χ1n) is 8.26. The predicted octanol–water partition coefficient (Wildman–Crippen LogP) is 3.94. The van der Waals surface area contributed by atoms with Gasteiger partial charge in [0.05, 0.1) is 5.69 Å². The van der Waals surface area contributed by atoms with Gasteiger partial charge in [-0.15, -0.1) is 0 Å². The van der Waals surface area contributed by atoms with E-state index >= 15 is 0 Å². The van der Waals surface area contributed by atoms with Crippen molar-refractivity contribution in [2.24, 2.45) is 0 Å². The summed E-state index contributed by atoms with van der Waals surface area (Å²) in [4.78, 5) is 39.5. The number of benzene rings is 2. The minimum Gasteiger partial charge on any atom is -0.453 e. The molecule has 0 saturated carbocycles. The van der Waals surface area contributed by atoms with Crippen LogP contribution in [0.3, 0.4) is 0 Å². The summed E-state index contributed by atoms with van der Waals surface area (Å²) in [5.41, 5.74) is 1.62. The predicted molar refractivity (Wildman–Crippen MR) is 103 cm³/mol. The molecule has 0 fully saturated rings. The zero-order valence-corrected chi connectivity index (χ0v) is 15.5. The number of carbonyl (C=O) groups is 3. The molecule has 1 aromatic heterocycles. The fourth-order valence-electron chi connectivity index (χ4n) is 2.73. The van der Waals surface area contributed by atoms with E-state index < -0.39 is 18.0 Å². The van der Waals surface area contributed by atoms with Crippen LogP contribution in [-0.2, 0) is 14.3 Å². The molecule has 7 heteroatoms. The number of ether oxygens (including phenoxy) is 1. The molecule has 1 heterocycles. The summed E-state index contributed by atoms with van der Waals surface area (Å²) in [6.45, 7) is 2.68. The normalized spacial score (nSPS) is 11.8. The van der Waals surface area contributed by atoms with Gasteiger partial charge in [0.1, 0.15) is 5.69 Å². The second-order valence-electron chi connectivity index (χ2n) is 6.00. The highest BCUT2D eigenvalue weighted by Crippen LogP contribution is 2.31. The lowest BCUT2D eigenvalue weighted by atomic mass is 10.1. The first-order valence-corrected chi connectivity index (χ1v) is 8.63. The zero-order chi connectivity index (χ0) is 19.6. The minimum absolute atomic E-state index is 0.224. The maximum absolute atomic E-state index is 12.9. The van der Waals surface area contributed by atoms with Crippen LogP contribution in [0.25, 0.3) is 10.9 Å². The van der Waals surface area contributed by atoms with Crippen LogP contribution in [0.2, 0.25) is 5.02 Å². The SMILES string of the molecule is CC(=O)OC(C)C(=O)Nc1c(C(=O)c2ccccc2)[nH]c2cc(Cl)ccc12. The molecule has 0 spiro atoms. The van der Waals surface area contributed by atoms with Gasteiger partial charge in [0, 0.05) is 28.4 Å². The molecule has 0 aliphatic carbocycles. The molecule has 6 nitrogen and oxygen atoms in total. The Morgan fingerprint density at radius 1 is 1.11 bits per heavy atom. The van der Waals surface area contributed by atoms with Crippen molar-refractivity contribution >= 4 is 45.9 Å². The smallest absolute Gasteiger partial charge is 0.303 e. The second-order valence-corrected chi connectivity index (χ2v) is 6.44. The number of anilines is 1. The van der Waals surface area contributed by atoms with Gasteiger partial charge in [0.25, 0.3) is 5.91 Å². The summed E-state index contributed by atoms with van der Waals surface area (Å²) in [7, 11) is 0. The first-order chi connectivity index (χ1) is 12.9. The molecule has 1 unspecified atom stereocenters. The summed E-state index contributed by atoms with van der Waals surface area (Å²) in [5, 5.41) is 3.82. The van der Waals surface area contributed by atoms with Crippen LogP contribution in [0.15, 0.2) is 48.5 Å². The number of fused-ring (bicyclic) bond motifs is 1. The van der Waals surface area contributed by atoms with Crippen LogP contribution in [0.5, 0.6) is 0 Å². The Bertz CT molecular complexity index is 1030. The van der Waals surface area contributed by atoms with Crippen LogP contribution in [0.4, 0.5) is 5.69 Å². The highest BCUT2D eigenvalue weighted by molar-refractivity contribution is 6.31. The molecule has 138 valence electrons. The molecule has 0 aliphatic heterocycles. The van der Waals surface area contributed by atoms with Gasteiger partial charge in [-0.3, -0.25) is 14.4 Å². The van der Waals surface area contributed by atoms with Gasteiger partial charge in [-0.25, -0.2) is 0 Å². The molecule has 2 aromatic carbocycles. The van der Waals surface area contributed by atoms with Gasteiger partial charge in [-0.2, -0.15) is 0 Å². The number of ketones is 1. The van der Waals surface area contributed by atoms with E-state index in [0.29, 0.717) is 27.2 Å². The van der Waals surface area contributed by atoms with Gasteiger partial charge in [0.2, 0.25) is 5.78 Å². The average molecular weight is 385 g/mol. The number of amides is 1. The first kappa shape index (κ1) is 18.7. The molecule has 3 rings (SSSR count). The molecule has 1 amide bonds. The summed E-state index contributed by atoms with van der Waals surface area (Å²) >= 11 is 6.04. The van der Waals surface area contributed by atoms with Crippen LogP contribution < -0.4 is 5.32 Å². The molecular weight excluding hydrogens is 368 g/mol. The van der Waals surface area contributed by atoms with Crippen molar-refractivity contribution in [2.45, 2.75) is 20.0 Å². The van der Waals surface area contributed by atoms with Crippen LogP contribution in [-0.4, -0.2) is 28.7 Å². The summed E-state index contributed by atoms with van der Waals surface area (Å²) in [6.07, 6.45) is -1.00. The Morgan fingerprint density at radius 2 is 1.81 bits per heavy atom. The van der Waals surface area contributed by atoms with Crippen LogP contribution in [0, 0.1) is 0 Å². The van der Waals surface area contributed by atoms with Gasteiger partial charge in [-0.05, 0) is 25.1 Å². The lowest BCUT2D eigenvalue weighted by Gasteiger charge is -2.13. The third kappa shape index (κ3) is 4.01. The molecule has 27 heavy (non-hydrogen) atoms. The van der Waals surface area contributed by atoms with E-state index in [-0.39, 0.29) is 11.5 Å². The van der Waals surface area contributed by atoms with Crippen molar-refractivity contribution in [1.82, 2.24) is 4.98 Å². The lowest BCUT2D eigenvalue weighted by Crippen LogP contribution is -2.29. The number of H-pyrrole nitrogens is 1. The van der Waals surface area contributed by atoms with Crippen LogP contribution >= 0.6 is 11.6 Å². The fourth-order valence-corrected chi connectivity index (χ4v) is 2.90. The quantitative estimate of drug-likeness (QED) is 0.515. The number of halogens is 1. The topological polar surface area (TPSA) is 88.3 Å². The van der Waals surface area contributed by atoms with Crippen molar-refractivity contribution in [1.29, 1.82) is 0 Å². The lowest BCUT2D eigenvalue weighted by molar-refractivity contribution is -0.150. The maximum atomic E-state index is 12.9. The van der Waals surface area contributed by atoms with Gasteiger partial charge in [-0.1, -0.05) is 41.9 Å². The molecule has 2 N–H and O–H groups in total. The van der Waals surface area contributed by atoms with Crippen molar-refractivity contribution < 1.29 is 19.1 Å². The highest BCUT2D eigenvalue weighted by atomic mass is 35.5. The van der Waals surface area contributed by atoms with E-state index in [4.69, 9.17) is 16.3 Å². The maximum Gasteiger partial charge on any atom is 0.303 e. The number of esters is 1. The molecule has 1 atom stereocenters. The van der Waals surface area contributed by atoms with Gasteiger partial charge < -0.3 is 15.0 Å². The number of hydrogen-bond donors (Lipinski definition) is 2. The molecule has 0 aliphatic rings. The second kappa shape index (κ2) is 7.63. The number of hydrogen-bond acceptors (Lipinski definition) is 4. The van der Waals surface area contributed by atoms with Crippen molar-refractivity contribution in [2.75, 3.05) is 5.32 Å². The molecular formula is C20H17ClN2O4.